The van der Waals surface area contributed by atoms with Gasteiger partial charge in [0.05, 0.1) is 18.8 Å². The van der Waals surface area contributed by atoms with Crippen molar-refractivity contribution >= 4 is 18.2 Å². The fourth-order valence-electron chi connectivity index (χ4n) is 1.88. The van der Waals surface area contributed by atoms with Gasteiger partial charge in [-0.2, -0.15) is 0 Å². The van der Waals surface area contributed by atoms with Gasteiger partial charge in [0.15, 0.2) is 5.78 Å². The zero-order chi connectivity index (χ0) is 15.3. The Balaban J connectivity index is 3.12. The summed E-state index contributed by atoms with van der Waals surface area (Å²) in [6, 6.07) is 3.83. The SMILES string of the molecule is C=NC(C)C(C)N(C)c1ccc(C(=O)CC)nc1OC. The summed E-state index contributed by atoms with van der Waals surface area (Å²) in [4.78, 5) is 22.1. The second kappa shape index (κ2) is 7.03. The van der Waals surface area contributed by atoms with Crippen LogP contribution in [0.5, 0.6) is 5.88 Å². The molecule has 0 aromatic carbocycles. The smallest absolute Gasteiger partial charge is 0.237 e. The number of Topliss-reactive ketones (excluding diaryl/α,β-unsaturated/α-hetero) is 1. The summed E-state index contributed by atoms with van der Waals surface area (Å²) in [5.41, 5.74) is 1.27. The van der Waals surface area contributed by atoms with Crippen molar-refractivity contribution in [1.82, 2.24) is 4.98 Å². The molecule has 5 nitrogen and oxygen atoms in total. The summed E-state index contributed by atoms with van der Waals surface area (Å²) in [6.07, 6.45) is 0.430. The first-order valence-corrected chi connectivity index (χ1v) is 6.73. The predicted molar refractivity (Wildman–Crippen MR) is 82.3 cm³/mol. The number of carbonyl (C=O) groups excluding carboxylic acids is 1. The molecule has 0 aliphatic carbocycles. The summed E-state index contributed by atoms with van der Waals surface area (Å²) < 4.78 is 5.31. The maximum absolute atomic E-state index is 11.7. The molecule has 2 atom stereocenters. The van der Waals surface area contributed by atoms with Crippen LogP contribution in [0.25, 0.3) is 0 Å². The van der Waals surface area contributed by atoms with E-state index in [0.29, 0.717) is 18.0 Å². The number of hydrogen-bond donors (Lipinski definition) is 0. The Morgan fingerprint density at radius 3 is 2.65 bits per heavy atom. The highest BCUT2D eigenvalue weighted by atomic mass is 16.5. The van der Waals surface area contributed by atoms with Gasteiger partial charge in [-0.1, -0.05) is 6.92 Å². The van der Waals surface area contributed by atoms with Crippen LogP contribution in [0.4, 0.5) is 5.69 Å². The minimum absolute atomic E-state index is 0.00618. The van der Waals surface area contributed by atoms with Gasteiger partial charge in [0.25, 0.3) is 0 Å². The molecule has 0 bridgehead atoms. The van der Waals surface area contributed by atoms with Crippen LogP contribution in [0.3, 0.4) is 0 Å². The van der Waals surface area contributed by atoms with E-state index in [1.54, 1.807) is 13.2 Å². The average Bonchev–Trinajstić information content (AvgIpc) is 2.50. The van der Waals surface area contributed by atoms with Gasteiger partial charge in [0.1, 0.15) is 5.69 Å². The number of nitrogens with zero attached hydrogens (tertiary/aromatic N) is 3. The van der Waals surface area contributed by atoms with Gasteiger partial charge in [-0.05, 0) is 32.7 Å². The van der Waals surface area contributed by atoms with E-state index in [2.05, 4.69) is 23.6 Å². The van der Waals surface area contributed by atoms with Gasteiger partial charge in [0, 0.05) is 19.5 Å². The minimum Gasteiger partial charge on any atom is -0.480 e. The van der Waals surface area contributed by atoms with E-state index in [4.69, 9.17) is 4.74 Å². The molecule has 110 valence electrons. The number of rotatable bonds is 7. The molecule has 0 N–H and O–H groups in total. The normalized spacial score (nSPS) is 13.4. The molecule has 20 heavy (non-hydrogen) atoms. The molecular weight excluding hydrogens is 254 g/mol. The van der Waals surface area contributed by atoms with E-state index >= 15 is 0 Å². The van der Waals surface area contributed by atoms with Gasteiger partial charge in [-0.15, -0.1) is 0 Å². The molecule has 1 heterocycles. The molecule has 0 amide bonds. The lowest BCUT2D eigenvalue weighted by Gasteiger charge is -2.30. The summed E-state index contributed by atoms with van der Waals surface area (Å²) in [5, 5.41) is 0. The minimum atomic E-state index is 0.00618. The van der Waals surface area contributed by atoms with Crippen LogP contribution in [0, 0.1) is 0 Å². The molecule has 0 aliphatic rings. The van der Waals surface area contributed by atoms with E-state index < -0.39 is 0 Å². The summed E-state index contributed by atoms with van der Waals surface area (Å²) in [7, 11) is 3.51. The molecule has 1 rings (SSSR count). The van der Waals surface area contributed by atoms with Gasteiger partial charge >= 0.3 is 0 Å². The van der Waals surface area contributed by atoms with Crippen molar-refractivity contribution in [2.75, 3.05) is 19.1 Å². The molecule has 2 unspecified atom stereocenters. The first-order chi connectivity index (χ1) is 9.46. The second-order valence-electron chi connectivity index (χ2n) is 4.78. The highest BCUT2D eigenvalue weighted by Gasteiger charge is 2.20. The number of aromatic nitrogens is 1. The van der Waals surface area contributed by atoms with E-state index in [1.807, 2.05) is 31.9 Å². The molecule has 0 aliphatic heterocycles. The van der Waals surface area contributed by atoms with Crippen molar-refractivity contribution in [1.29, 1.82) is 0 Å². The quantitative estimate of drug-likeness (QED) is 0.568. The van der Waals surface area contributed by atoms with Crippen molar-refractivity contribution in [2.45, 2.75) is 39.3 Å². The topological polar surface area (TPSA) is 54.8 Å². The Hall–Kier alpha value is -1.91. The molecule has 1 aromatic heterocycles. The Morgan fingerprint density at radius 1 is 1.50 bits per heavy atom. The fraction of sp³-hybridized carbons (Fsp3) is 0.533. The molecular formula is C15H23N3O2. The number of ether oxygens (including phenoxy) is 1. The van der Waals surface area contributed by atoms with Crippen LogP contribution >= 0.6 is 0 Å². The zero-order valence-corrected chi connectivity index (χ0v) is 12.9. The molecule has 0 fully saturated rings. The summed E-state index contributed by atoms with van der Waals surface area (Å²) in [6.45, 7) is 9.46. The highest BCUT2D eigenvalue weighted by Crippen LogP contribution is 2.28. The van der Waals surface area contributed by atoms with Crippen molar-refractivity contribution in [2.24, 2.45) is 4.99 Å². The maximum atomic E-state index is 11.7. The van der Waals surface area contributed by atoms with Crippen LogP contribution in [-0.4, -0.2) is 43.7 Å². The van der Waals surface area contributed by atoms with Crippen LogP contribution < -0.4 is 9.64 Å². The highest BCUT2D eigenvalue weighted by molar-refractivity contribution is 5.94. The van der Waals surface area contributed by atoms with Crippen LogP contribution in [-0.2, 0) is 0 Å². The standard InChI is InChI=1S/C15H23N3O2/c1-7-14(19)12-8-9-13(15(17-12)20-6)18(5)11(3)10(2)16-4/h8-11H,4,7H2,1-3,5-6H3. The van der Waals surface area contributed by atoms with E-state index in [-0.39, 0.29) is 17.9 Å². The Kier molecular flexibility index (Phi) is 5.67. The number of likely N-dealkylation sites (N-methyl/N-ethyl adjacent to an activating group) is 1. The number of ketones is 1. The van der Waals surface area contributed by atoms with Gasteiger partial charge < -0.3 is 9.64 Å². The average molecular weight is 277 g/mol. The van der Waals surface area contributed by atoms with E-state index in [0.717, 1.165) is 5.69 Å². The second-order valence-corrected chi connectivity index (χ2v) is 4.78. The van der Waals surface area contributed by atoms with Crippen molar-refractivity contribution < 1.29 is 9.53 Å². The number of carbonyl (C=O) groups is 1. The summed E-state index contributed by atoms with van der Waals surface area (Å²) >= 11 is 0. The zero-order valence-electron chi connectivity index (χ0n) is 12.9. The van der Waals surface area contributed by atoms with Crippen LogP contribution in [0.15, 0.2) is 17.1 Å². The molecule has 0 radical (unpaired) electrons. The monoisotopic (exact) mass is 277 g/mol. The number of hydrogen-bond acceptors (Lipinski definition) is 5. The molecule has 0 saturated carbocycles. The van der Waals surface area contributed by atoms with E-state index in [1.165, 1.54) is 0 Å². The Bertz CT molecular complexity index is 488. The first kappa shape index (κ1) is 16.1. The third-order valence-electron chi connectivity index (χ3n) is 3.62. The third-order valence-corrected chi connectivity index (χ3v) is 3.62. The van der Waals surface area contributed by atoms with Crippen molar-refractivity contribution in [3.63, 3.8) is 0 Å². The molecule has 1 aromatic rings. The van der Waals surface area contributed by atoms with Gasteiger partial charge in [0.2, 0.25) is 5.88 Å². The first-order valence-electron chi connectivity index (χ1n) is 6.73. The number of methoxy groups -OCH3 is 1. The number of aliphatic imine (C=N–C) groups is 1. The van der Waals surface area contributed by atoms with Gasteiger partial charge in [-0.3, -0.25) is 9.79 Å². The Morgan fingerprint density at radius 2 is 2.15 bits per heavy atom. The fourth-order valence-corrected chi connectivity index (χ4v) is 1.88. The lowest BCUT2D eigenvalue weighted by molar-refractivity contribution is 0.0982. The molecule has 5 heteroatoms. The largest absolute Gasteiger partial charge is 0.480 e. The Labute approximate surface area is 120 Å². The van der Waals surface area contributed by atoms with Crippen molar-refractivity contribution in [3.8, 4) is 5.88 Å². The van der Waals surface area contributed by atoms with Gasteiger partial charge in [-0.25, -0.2) is 4.98 Å². The van der Waals surface area contributed by atoms with Crippen molar-refractivity contribution in [3.05, 3.63) is 17.8 Å². The lowest BCUT2D eigenvalue weighted by Crippen LogP contribution is -2.36. The summed E-state index contributed by atoms with van der Waals surface area (Å²) in [5.74, 6) is 0.460. The lowest BCUT2D eigenvalue weighted by atomic mass is 10.1. The molecule has 0 spiro atoms. The number of anilines is 1. The maximum Gasteiger partial charge on any atom is 0.237 e. The molecule has 0 saturated heterocycles. The number of pyridine rings is 1. The van der Waals surface area contributed by atoms with E-state index in [9.17, 15) is 4.79 Å². The third kappa shape index (κ3) is 3.35. The van der Waals surface area contributed by atoms with Crippen LogP contribution in [0.2, 0.25) is 0 Å². The van der Waals surface area contributed by atoms with Crippen LogP contribution in [0.1, 0.15) is 37.7 Å². The predicted octanol–water partition coefficient (Wildman–Crippen LogP) is 2.60.